The normalized spacial score (nSPS) is 12.1. The standard InChI is InChI=1S/C27H27N3O3S/c1-5-23(25(32)29-21-12-10-19(11-13-21)17(4)31)30-15-28-26-24(27(30)33)22(14-34-26)20-8-6-18(7-9-20)16(2)3/h6-16,23H,5H2,1-4H3,(H,29,32). The quantitative estimate of drug-likeness (QED) is 0.332. The van der Waals surface area contributed by atoms with Crippen molar-refractivity contribution in [3.05, 3.63) is 81.7 Å². The van der Waals surface area contributed by atoms with E-state index in [0.29, 0.717) is 33.8 Å². The summed E-state index contributed by atoms with van der Waals surface area (Å²) < 4.78 is 1.42. The molecule has 0 aliphatic rings. The average Bonchev–Trinajstić information content (AvgIpc) is 3.26. The highest BCUT2D eigenvalue weighted by Gasteiger charge is 2.23. The lowest BCUT2D eigenvalue weighted by Crippen LogP contribution is -2.33. The number of hydrogen-bond acceptors (Lipinski definition) is 5. The maximum atomic E-state index is 13.5. The number of benzene rings is 2. The van der Waals surface area contributed by atoms with E-state index in [4.69, 9.17) is 0 Å². The van der Waals surface area contributed by atoms with E-state index < -0.39 is 6.04 Å². The molecule has 0 saturated carbocycles. The number of Topliss-reactive ketones (excluding diaryl/α,β-unsaturated/α-hetero) is 1. The molecule has 1 N–H and O–H groups in total. The molecule has 6 nitrogen and oxygen atoms in total. The first-order chi connectivity index (χ1) is 16.3. The SMILES string of the molecule is CCC(C(=O)Nc1ccc(C(C)=O)cc1)n1cnc2scc(-c3ccc(C(C)C)cc3)c2c1=O. The van der Waals surface area contributed by atoms with Crippen molar-refractivity contribution in [1.82, 2.24) is 9.55 Å². The van der Waals surface area contributed by atoms with Gasteiger partial charge in [-0.05, 0) is 54.7 Å². The molecule has 174 valence electrons. The highest BCUT2D eigenvalue weighted by Crippen LogP contribution is 2.32. The summed E-state index contributed by atoms with van der Waals surface area (Å²) in [6, 6.07) is 14.2. The minimum Gasteiger partial charge on any atom is -0.324 e. The van der Waals surface area contributed by atoms with Crippen LogP contribution >= 0.6 is 11.3 Å². The van der Waals surface area contributed by atoms with Crippen LogP contribution in [0.2, 0.25) is 0 Å². The van der Waals surface area contributed by atoms with E-state index in [1.54, 1.807) is 24.3 Å². The van der Waals surface area contributed by atoms with Gasteiger partial charge >= 0.3 is 0 Å². The number of ketones is 1. The molecule has 2 aromatic heterocycles. The lowest BCUT2D eigenvalue weighted by atomic mass is 9.99. The van der Waals surface area contributed by atoms with Gasteiger partial charge in [0.05, 0.1) is 11.7 Å². The number of carbonyl (C=O) groups excluding carboxylic acids is 2. The zero-order chi connectivity index (χ0) is 24.4. The number of amides is 1. The number of hydrogen-bond donors (Lipinski definition) is 1. The van der Waals surface area contributed by atoms with Crippen LogP contribution < -0.4 is 10.9 Å². The molecule has 4 aromatic rings. The molecule has 1 atom stereocenters. The summed E-state index contributed by atoms with van der Waals surface area (Å²) in [7, 11) is 0. The van der Waals surface area contributed by atoms with Crippen LogP contribution in [0.1, 0.15) is 62.0 Å². The Balaban J connectivity index is 1.68. The minimum absolute atomic E-state index is 0.0411. The van der Waals surface area contributed by atoms with Gasteiger partial charge in [-0.15, -0.1) is 11.3 Å². The number of carbonyl (C=O) groups is 2. The summed E-state index contributed by atoms with van der Waals surface area (Å²) in [5, 5.41) is 5.33. The second-order valence-corrected chi connectivity index (χ2v) is 9.47. The maximum Gasteiger partial charge on any atom is 0.263 e. The Morgan fingerprint density at radius 1 is 1.06 bits per heavy atom. The summed E-state index contributed by atoms with van der Waals surface area (Å²) in [6.07, 6.45) is 1.88. The van der Waals surface area contributed by atoms with Crippen molar-refractivity contribution in [3.8, 4) is 11.1 Å². The van der Waals surface area contributed by atoms with Gasteiger partial charge in [0.25, 0.3) is 5.56 Å². The van der Waals surface area contributed by atoms with Crippen molar-refractivity contribution in [3.63, 3.8) is 0 Å². The number of nitrogens with one attached hydrogen (secondary N) is 1. The smallest absolute Gasteiger partial charge is 0.263 e. The molecule has 2 heterocycles. The Morgan fingerprint density at radius 2 is 1.74 bits per heavy atom. The molecule has 0 fully saturated rings. The third-order valence-electron chi connectivity index (χ3n) is 5.99. The van der Waals surface area contributed by atoms with E-state index >= 15 is 0 Å². The fourth-order valence-corrected chi connectivity index (χ4v) is 4.86. The highest BCUT2D eigenvalue weighted by molar-refractivity contribution is 7.17. The van der Waals surface area contributed by atoms with Gasteiger partial charge < -0.3 is 5.32 Å². The number of fused-ring (bicyclic) bond motifs is 1. The zero-order valence-corrected chi connectivity index (χ0v) is 20.5. The molecule has 2 aromatic carbocycles. The van der Waals surface area contributed by atoms with Crippen LogP contribution in [0.25, 0.3) is 21.3 Å². The lowest BCUT2D eigenvalue weighted by Gasteiger charge is -2.18. The van der Waals surface area contributed by atoms with Crippen LogP contribution in [-0.4, -0.2) is 21.2 Å². The van der Waals surface area contributed by atoms with Crippen molar-refractivity contribution in [2.75, 3.05) is 5.32 Å². The lowest BCUT2D eigenvalue weighted by molar-refractivity contribution is -0.119. The Hall–Kier alpha value is -3.58. The van der Waals surface area contributed by atoms with Gasteiger partial charge in [-0.25, -0.2) is 4.98 Å². The molecule has 0 saturated heterocycles. The van der Waals surface area contributed by atoms with E-state index in [9.17, 15) is 14.4 Å². The Kier molecular flexibility index (Phi) is 6.75. The van der Waals surface area contributed by atoms with E-state index in [1.807, 2.05) is 24.4 Å². The van der Waals surface area contributed by atoms with Crippen LogP contribution in [0.15, 0.2) is 65.0 Å². The van der Waals surface area contributed by atoms with Crippen LogP contribution in [0.5, 0.6) is 0 Å². The minimum atomic E-state index is -0.715. The number of aromatic nitrogens is 2. The van der Waals surface area contributed by atoms with Gasteiger partial charge in [0.1, 0.15) is 10.9 Å². The molecule has 34 heavy (non-hydrogen) atoms. The molecule has 7 heteroatoms. The molecule has 4 rings (SSSR count). The number of anilines is 1. The molecule has 0 aliphatic heterocycles. The van der Waals surface area contributed by atoms with Crippen LogP contribution in [-0.2, 0) is 4.79 Å². The highest BCUT2D eigenvalue weighted by atomic mass is 32.1. The molecule has 1 unspecified atom stereocenters. The first-order valence-electron chi connectivity index (χ1n) is 11.3. The van der Waals surface area contributed by atoms with Gasteiger partial charge in [0, 0.05) is 22.2 Å². The average molecular weight is 474 g/mol. The van der Waals surface area contributed by atoms with Gasteiger partial charge in [-0.3, -0.25) is 19.0 Å². The van der Waals surface area contributed by atoms with Crippen molar-refractivity contribution in [2.45, 2.75) is 46.1 Å². The molecule has 0 spiro atoms. The molecular formula is C27H27N3O3S. The fourth-order valence-electron chi connectivity index (χ4n) is 3.95. The number of thiophene rings is 1. The molecule has 1 amide bonds. The van der Waals surface area contributed by atoms with Gasteiger partial charge in [-0.1, -0.05) is 45.0 Å². The van der Waals surface area contributed by atoms with Crippen LogP contribution in [0.4, 0.5) is 5.69 Å². The number of rotatable bonds is 7. The predicted octanol–water partition coefficient (Wildman–Crippen LogP) is 6.04. The fraction of sp³-hybridized carbons (Fsp3) is 0.259. The Labute approximate surface area is 202 Å². The topological polar surface area (TPSA) is 81.1 Å². The summed E-state index contributed by atoms with van der Waals surface area (Å²) in [5.74, 6) is 0.0784. The molecule has 0 bridgehead atoms. The summed E-state index contributed by atoms with van der Waals surface area (Å²) in [5.41, 5.74) is 3.92. The monoisotopic (exact) mass is 473 g/mol. The molecule has 0 aliphatic carbocycles. The predicted molar refractivity (Wildman–Crippen MR) is 138 cm³/mol. The van der Waals surface area contributed by atoms with Gasteiger partial charge in [-0.2, -0.15) is 0 Å². The Bertz CT molecular complexity index is 1400. The third-order valence-corrected chi connectivity index (χ3v) is 6.88. The van der Waals surface area contributed by atoms with Crippen molar-refractivity contribution < 1.29 is 9.59 Å². The first kappa shape index (κ1) is 23.6. The zero-order valence-electron chi connectivity index (χ0n) is 19.7. The third kappa shape index (κ3) is 4.56. The molecular weight excluding hydrogens is 446 g/mol. The van der Waals surface area contributed by atoms with E-state index in [-0.39, 0.29) is 17.2 Å². The van der Waals surface area contributed by atoms with Crippen LogP contribution in [0.3, 0.4) is 0 Å². The van der Waals surface area contributed by atoms with E-state index in [0.717, 1.165) is 11.1 Å². The van der Waals surface area contributed by atoms with Crippen molar-refractivity contribution in [2.24, 2.45) is 0 Å². The van der Waals surface area contributed by atoms with E-state index in [1.165, 1.54) is 34.7 Å². The summed E-state index contributed by atoms with van der Waals surface area (Å²) >= 11 is 1.42. The molecule has 0 radical (unpaired) electrons. The largest absolute Gasteiger partial charge is 0.324 e. The van der Waals surface area contributed by atoms with Gasteiger partial charge in [0.2, 0.25) is 5.91 Å². The number of nitrogens with zero attached hydrogens (tertiary/aromatic N) is 2. The van der Waals surface area contributed by atoms with Gasteiger partial charge in [0.15, 0.2) is 5.78 Å². The summed E-state index contributed by atoms with van der Waals surface area (Å²) in [6.45, 7) is 7.64. The Morgan fingerprint density at radius 3 is 2.32 bits per heavy atom. The van der Waals surface area contributed by atoms with E-state index in [2.05, 4.69) is 36.3 Å². The van der Waals surface area contributed by atoms with Crippen molar-refractivity contribution >= 4 is 38.9 Å². The van der Waals surface area contributed by atoms with Crippen LogP contribution in [0, 0.1) is 0 Å². The second kappa shape index (κ2) is 9.73. The maximum absolute atomic E-state index is 13.5. The second-order valence-electron chi connectivity index (χ2n) is 8.61. The first-order valence-corrected chi connectivity index (χ1v) is 12.2. The van der Waals surface area contributed by atoms with Crippen molar-refractivity contribution in [1.29, 1.82) is 0 Å². The summed E-state index contributed by atoms with van der Waals surface area (Å²) in [4.78, 5) is 43.3.